The number of thiazole rings is 1. The number of amides is 1. The molecule has 1 N–H and O–H groups in total. The van der Waals surface area contributed by atoms with E-state index in [0.29, 0.717) is 0 Å². The van der Waals surface area contributed by atoms with Gasteiger partial charge in [-0.1, -0.05) is 49.4 Å². The van der Waals surface area contributed by atoms with Gasteiger partial charge in [-0.2, -0.15) is 0 Å². The van der Waals surface area contributed by atoms with E-state index in [0.717, 1.165) is 47.2 Å². The molecule has 144 valence electrons. The lowest BCUT2D eigenvalue weighted by Gasteiger charge is -2.15. The second-order valence-corrected chi connectivity index (χ2v) is 7.98. The fourth-order valence-electron chi connectivity index (χ4n) is 3.66. The number of hydrogen-bond donors (Lipinski definition) is 1. The first-order valence-corrected chi connectivity index (χ1v) is 10.8. The highest BCUT2D eigenvalue weighted by molar-refractivity contribution is 7.14. The largest absolute Gasteiger partial charge is 0.348 e. The summed E-state index contributed by atoms with van der Waals surface area (Å²) in [6, 6.07) is 17.9. The molecule has 1 amide bonds. The molecule has 1 unspecified atom stereocenters. The van der Waals surface area contributed by atoms with Crippen LogP contribution in [0.5, 0.6) is 0 Å². The zero-order valence-electron chi connectivity index (χ0n) is 16.1. The predicted molar refractivity (Wildman–Crippen MR) is 117 cm³/mol. The molecule has 1 fully saturated rings. The van der Waals surface area contributed by atoms with Gasteiger partial charge < -0.3 is 10.2 Å². The maximum atomic E-state index is 12.7. The Balaban J connectivity index is 1.44. The standard InChI is InChI=1S/C23H25N3OS/c1-2-20(17-8-4-3-5-9-17)22(27)24-19-12-10-18(11-13-19)21-16-28-23(25-21)26-14-6-7-15-26/h3-5,8-13,16,20H,2,6-7,14-15H2,1H3,(H,24,27). The Labute approximate surface area is 170 Å². The number of benzene rings is 2. The molecular weight excluding hydrogens is 366 g/mol. The highest BCUT2D eigenvalue weighted by Gasteiger charge is 2.19. The van der Waals surface area contributed by atoms with Crippen molar-refractivity contribution in [1.29, 1.82) is 0 Å². The summed E-state index contributed by atoms with van der Waals surface area (Å²) < 4.78 is 0. The van der Waals surface area contributed by atoms with E-state index < -0.39 is 0 Å². The number of carbonyl (C=O) groups excluding carboxylic acids is 1. The third-order valence-corrected chi connectivity index (χ3v) is 6.14. The molecule has 0 saturated carbocycles. The second-order valence-electron chi connectivity index (χ2n) is 7.15. The molecule has 1 aromatic heterocycles. The van der Waals surface area contributed by atoms with Crippen molar-refractivity contribution in [2.24, 2.45) is 0 Å². The normalized spacial score (nSPS) is 14.8. The van der Waals surface area contributed by atoms with Crippen molar-refractivity contribution in [3.05, 3.63) is 65.5 Å². The Kier molecular flexibility index (Phi) is 5.72. The van der Waals surface area contributed by atoms with Crippen LogP contribution in [-0.2, 0) is 4.79 Å². The third-order valence-electron chi connectivity index (χ3n) is 5.24. The van der Waals surface area contributed by atoms with E-state index in [1.165, 1.54) is 12.8 Å². The summed E-state index contributed by atoms with van der Waals surface area (Å²) in [5, 5.41) is 6.28. The van der Waals surface area contributed by atoms with Gasteiger partial charge in [0.1, 0.15) is 0 Å². The molecule has 1 aliphatic heterocycles. The smallest absolute Gasteiger partial charge is 0.231 e. The van der Waals surface area contributed by atoms with Gasteiger partial charge in [0.25, 0.3) is 0 Å². The monoisotopic (exact) mass is 391 g/mol. The Bertz CT molecular complexity index is 915. The Morgan fingerprint density at radius 2 is 1.82 bits per heavy atom. The minimum Gasteiger partial charge on any atom is -0.348 e. The lowest BCUT2D eigenvalue weighted by molar-refractivity contribution is -0.117. The van der Waals surface area contributed by atoms with E-state index in [9.17, 15) is 4.79 Å². The van der Waals surface area contributed by atoms with Gasteiger partial charge in [0.15, 0.2) is 5.13 Å². The Morgan fingerprint density at radius 3 is 2.50 bits per heavy atom. The van der Waals surface area contributed by atoms with Crippen molar-refractivity contribution in [3.8, 4) is 11.3 Å². The van der Waals surface area contributed by atoms with Crippen LogP contribution in [0.25, 0.3) is 11.3 Å². The number of rotatable bonds is 6. The van der Waals surface area contributed by atoms with E-state index in [1.807, 2.05) is 61.5 Å². The predicted octanol–water partition coefficient (Wildman–Crippen LogP) is 5.54. The molecule has 28 heavy (non-hydrogen) atoms. The summed E-state index contributed by atoms with van der Waals surface area (Å²) in [4.78, 5) is 19.9. The van der Waals surface area contributed by atoms with Crippen LogP contribution in [0.15, 0.2) is 60.0 Å². The van der Waals surface area contributed by atoms with Gasteiger partial charge in [-0.3, -0.25) is 4.79 Å². The van der Waals surface area contributed by atoms with Crippen LogP contribution in [0.4, 0.5) is 10.8 Å². The molecule has 0 bridgehead atoms. The summed E-state index contributed by atoms with van der Waals surface area (Å²) in [6.45, 7) is 4.26. The van der Waals surface area contributed by atoms with Crippen LogP contribution in [0, 0.1) is 0 Å². The molecule has 0 aliphatic carbocycles. The maximum Gasteiger partial charge on any atom is 0.231 e. The summed E-state index contributed by atoms with van der Waals surface area (Å²) in [5.41, 5.74) is 3.95. The molecule has 4 nitrogen and oxygen atoms in total. The SMILES string of the molecule is CCC(C(=O)Nc1ccc(-c2csc(N3CCCC3)n2)cc1)c1ccccc1. The molecule has 3 aromatic rings. The highest BCUT2D eigenvalue weighted by Crippen LogP contribution is 2.30. The zero-order chi connectivity index (χ0) is 19.3. The topological polar surface area (TPSA) is 45.2 Å². The molecule has 4 rings (SSSR count). The molecule has 0 radical (unpaired) electrons. The van der Waals surface area contributed by atoms with Gasteiger partial charge in [0, 0.05) is 29.7 Å². The second kappa shape index (κ2) is 8.57. The number of nitrogens with zero attached hydrogens (tertiary/aromatic N) is 2. The third kappa shape index (κ3) is 4.09. The summed E-state index contributed by atoms with van der Waals surface area (Å²) in [5.74, 6) is -0.103. The van der Waals surface area contributed by atoms with Crippen LogP contribution >= 0.6 is 11.3 Å². The van der Waals surface area contributed by atoms with Crippen molar-refractivity contribution in [2.45, 2.75) is 32.1 Å². The summed E-state index contributed by atoms with van der Waals surface area (Å²) in [7, 11) is 0. The van der Waals surface area contributed by atoms with Crippen molar-refractivity contribution >= 4 is 28.1 Å². The molecular formula is C23H25N3OS. The van der Waals surface area contributed by atoms with E-state index in [1.54, 1.807) is 11.3 Å². The van der Waals surface area contributed by atoms with E-state index in [2.05, 4.69) is 15.6 Å². The number of hydrogen-bond acceptors (Lipinski definition) is 4. The first-order chi connectivity index (χ1) is 13.7. The fraction of sp³-hybridized carbons (Fsp3) is 0.304. The molecule has 2 aromatic carbocycles. The number of carbonyl (C=O) groups is 1. The lowest BCUT2D eigenvalue weighted by atomic mass is 9.95. The van der Waals surface area contributed by atoms with Crippen molar-refractivity contribution in [3.63, 3.8) is 0 Å². The van der Waals surface area contributed by atoms with Gasteiger partial charge in [-0.05, 0) is 37.0 Å². The van der Waals surface area contributed by atoms with Gasteiger partial charge in [-0.25, -0.2) is 4.98 Å². The minimum absolute atomic E-state index is 0.0337. The lowest BCUT2D eigenvalue weighted by Crippen LogP contribution is -2.20. The van der Waals surface area contributed by atoms with E-state index in [-0.39, 0.29) is 11.8 Å². The number of aromatic nitrogens is 1. The molecule has 1 aliphatic rings. The number of anilines is 2. The molecule has 0 spiro atoms. The highest BCUT2D eigenvalue weighted by atomic mass is 32.1. The average Bonchev–Trinajstić information content (AvgIpc) is 3.42. The van der Waals surface area contributed by atoms with Crippen LogP contribution in [-0.4, -0.2) is 24.0 Å². The molecule has 5 heteroatoms. The van der Waals surface area contributed by atoms with Gasteiger partial charge in [0.2, 0.25) is 5.91 Å². The van der Waals surface area contributed by atoms with Gasteiger partial charge in [0.05, 0.1) is 11.6 Å². The Hall–Kier alpha value is -2.66. The van der Waals surface area contributed by atoms with Crippen molar-refractivity contribution < 1.29 is 4.79 Å². The molecule has 2 heterocycles. The maximum absolute atomic E-state index is 12.7. The van der Waals surface area contributed by atoms with Crippen LogP contribution in [0.3, 0.4) is 0 Å². The van der Waals surface area contributed by atoms with Gasteiger partial charge in [-0.15, -0.1) is 11.3 Å². The molecule has 1 saturated heterocycles. The fourth-order valence-corrected chi connectivity index (χ4v) is 4.55. The first-order valence-electron chi connectivity index (χ1n) is 9.91. The molecule has 1 atom stereocenters. The summed E-state index contributed by atoms with van der Waals surface area (Å²) in [6.07, 6.45) is 3.28. The van der Waals surface area contributed by atoms with Gasteiger partial charge >= 0.3 is 0 Å². The quantitative estimate of drug-likeness (QED) is 0.600. The zero-order valence-corrected chi connectivity index (χ0v) is 16.9. The summed E-state index contributed by atoms with van der Waals surface area (Å²) >= 11 is 1.71. The van der Waals surface area contributed by atoms with Crippen LogP contribution in [0.2, 0.25) is 0 Å². The van der Waals surface area contributed by atoms with Crippen LogP contribution in [0.1, 0.15) is 37.7 Å². The van der Waals surface area contributed by atoms with Crippen molar-refractivity contribution in [1.82, 2.24) is 4.98 Å². The average molecular weight is 392 g/mol. The van der Waals surface area contributed by atoms with E-state index >= 15 is 0 Å². The van der Waals surface area contributed by atoms with Crippen molar-refractivity contribution in [2.75, 3.05) is 23.3 Å². The minimum atomic E-state index is -0.137. The Morgan fingerprint density at radius 1 is 1.11 bits per heavy atom. The number of nitrogens with one attached hydrogen (secondary N) is 1. The van der Waals surface area contributed by atoms with E-state index in [4.69, 9.17) is 4.98 Å². The van der Waals surface area contributed by atoms with Crippen LogP contribution < -0.4 is 10.2 Å². The first kappa shape index (κ1) is 18.7.